The maximum Gasteiger partial charge on any atom is 0.164 e. The van der Waals surface area contributed by atoms with Crippen LogP contribution in [0.5, 0.6) is 0 Å². The van der Waals surface area contributed by atoms with Crippen molar-refractivity contribution in [3.05, 3.63) is 0 Å². The smallest absolute Gasteiger partial charge is 0.164 e. The van der Waals surface area contributed by atoms with Crippen molar-refractivity contribution in [3.63, 3.8) is 0 Å². The van der Waals surface area contributed by atoms with Crippen LogP contribution in [0.15, 0.2) is 0 Å². The maximum absolute atomic E-state index is 11.6. The van der Waals surface area contributed by atoms with Crippen LogP contribution in [0.1, 0.15) is 45.4 Å². The quantitative estimate of drug-likeness (QED) is 0.228. The van der Waals surface area contributed by atoms with Crippen molar-refractivity contribution in [3.8, 4) is 0 Å². The van der Waals surface area contributed by atoms with Crippen molar-refractivity contribution < 1.29 is 35.1 Å². The fraction of sp³-hybridized carbons (Fsp3) is 0.857. The fourth-order valence-corrected chi connectivity index (χ4v) is 1.91. The topological polar surface area (TPSA) is 135 Å². The summed E-state index contributed by atoms with van der Waals surface area (Å²) in [6.45, 7) is 2.06. The van der Waals surface area contributed by atoms with Gasteiger partial charge in [0.1, 0.15) is 30.5 Å². The molecule has 0 radical (unpaired) electrons. The first-order chi connectivity index (χ1) is 9.86. The van der Waals surface area contributed by atoms with Gasteiger partial charge < -0.3 is 30.3 Å². The third-order valence-corrected chi connectivity index (χ3v) is 3.37. The molecule has 7 heteroatoms. The lowest BCUT2D eigenvalue weighted by Crippen LogP contribution is -2.51. The number of hydrogen-bond acceptors (Lipinski definition) is 7. The summed E-state index contributed by atoms with van der Waals surface area (Å²) in [6, 6.07) is 0. The first-order valence-corrected chi connectivity index (χ1v) is 7.25. The molecule has 0 spiro atoms. The molecule has 1 unspecified atom stereocenters. The molecule has 0 aliphatic rings. The zero-order valence-corrected chi connectivity index (χ0v) is 12.3. The van der Waals surface area contributed by atoms with Crippen molar-refractivity contribution >= 4 is 12.1 Å². The predicted octanol–water partition coefficient (Wildman–Crippen LogP) is -1.08. The van der Waals surface area contributed by atoms with Gasteiger partial charge in [-0.15, -0.1) is 0 Å². The minimum absolute atomic E-state index is 0.0114. The molecule has 124 valence electrons. The summed E-state index contributed by atoms with van der Waals surface area (Å²) in [5, 5.41) is 47.1. The Morgan fingerprint density at radius 2 is 1.48 bits per heavy atom. The summed E-state index contributed by atoms with van der Waals surface area (Å²) in [6.07, 6.45) is -5.13. The third-order valence-electron chi connectivity index (χ3n) is 3.37. The SMILES string of the molecule is CCCCCCCC(=O)C(O)[C@@H](O)[C@@H](O)[C@H](O)[C@@H](O)C=O. The molecular formula is C14H26O7. The standard InChI is InChI=1S/C14H26O7/c1-2-3-4-5-6-7-9(16)11(18)13(20)14(21)12(19)10(17)8-15/h8,10-14,17-21H,2-7H2,1H3/t10-,11?,12+,13+,14-/m0/s1. The highest BCUT2D eigenvalue weighted by atomic mass is 16.4. The normalized spacial score (nSPS) is 18.6. The molecule has 5 atom stereocenters. The first kappa shape index (κ1) is 20.1. The van der Waals surface area contributed by atoms with Crippen LogP contribution in [0.3, 0.4) is 0 Å². The lowest BCUT2D eigenvalue weighted by atomic mass is 9.95. The number of aldehydes is 1. The van der Waals surface area contributed by atoms with Gasteiger partial charge in [0.25, 0.3) is 0 Å². The minimum Gasteiger partial charge on any atom is -0.387 e. The molecule has 0 aromatic carbocycles. The highest BCUT2D eigenvalue weighted by molar-refractivity contribution is 5.83. The van der Waals surface area contributed by atoms with Crippen LogP contribution >= 0.6 is 0 Å². The Balaban J connectivity index is 4.25. The number of carbonyl (C=O) groups excluding carboxylic acids is 2. The second-order valence-electron chi connectivity index (χ2n) is 5.17. The van der Waals surface area contributed by atoms with E-state index in [1.54, 1.807) is 0 Å². The molecule has 0 fully saturated rings. The van der Waals surface area contributed by atoms with Gasteiger partial charge in [0.15, 0.2) is 12.1 Å². The molecule has 21 heavy (non-hydrogen) atoms. The van der Waals surface area contributed by atoms with Crippen LogP contribution in [0.25, 0.3) is 0 Å². The predicted molar refractivity (Wildman–Crippen MR) is 74.5 cm³/mol. The lowest BCUT2D eigenvalue weighted by molar-refractivity contribution is -0.154. The van der Waals surface area contributed by atoms with Crippen molar-refractivity contribution in [1.29, 1.82) is 0 Å². The Morgan fingerprint density at radius 3 is 2.00 bits per heavy atom. The molecule has 0 rings (SSSR count). The number of Topliss-reactive ketones (excluding diaryl/α,β-unsaturated/α-hetero) is 1. The van der Waals surface area contributed by atoms with Crippen LogP contribution in [-0.4, -0.2) is 68.1 Å². The zero-order chi connectivity index (χ0) is 16.4. The first-order valence-electron chi connectivity index (χ1n) is 7.25. The third kappa shape index (κ3) is 7.10. The van der Waals surface area contributed by atoms with Gasteiger partial charge in [-0.05, 0) is 6.42 Å². The van der Waals surface area contributed by atoms with Gasteiger partial charge >= 0.3 is 0 Å². The molecule has 0 saturated carbocycles. The summed E-state index contributed by atoms with van der Waals surface area (Å²) in [5.41, 5.74) is 0. The van der Waals surface area contributed by atoms with Crippen LogP contribution in [0.4, 0.5) is 0 Å². The number of aliphatic hydroxyl groups is 5. The molecule has 5 N–H and O–H groups in total. The highest BCUT2D eigenvalue weighted by Crippen LogP contribution is 2.12. The molecule has 0 aromatic rings. The number of unbranched alkanes of at least 4 members (excludes halogenated alkanes) is 4. The number of aliphatic hydroxyl groups excluding tert-OH is 5. The summed E-state index contributed by atoms with van der Waals surface area (Å²) in [4.78, 5) is 21.9. The summed E-state index contributed by atoms with van der Waals surface area (Å²) < 4.78 is 0. The van der Waals surface area contributed by atoms with Gasteiger partial charge in [-0.3, -0.25) is 4.79 Å². The number of ketones is 1. The van der Waals surface area contributed by atoms with E-state index in [-0.39, 0.29) is 12.7 Å². The van der Waals surface area contributed by atoms with E-state index in [2.05, 4.69) is 6.92 Å². The van der Waals surface area contributed by atoms with Gasteiger partial charge in [0, 0.05) is 6.42 Å². The Hall–Kier alpha value is -0.860. The van der Waals surface area contributed by atoms with E-state index in [4.69, 9.17) is 5.11 Å². The Labute approximate surface area is 124 Å². The summed E-state index contributed by atoms with van der Waals surface area (Å²) in [5.74, 6) is -0.647. The maximum atomic E-state index is 11.6. The van der Waals surface area contributed by atoms with Crippen molar-refractivity contribution in [2.75, 3.05) is 0 Å². The number of rotatable bonds is 12. The van der Waals surface area contributed by atoms with Crippen LogP contribution in [0, 0.1) is 0 Å². The van der Waals surface area contributed by atoms with E-state index < -0.39 is 36.3 Å². The van der Waals surface area contributed by atoms with Gasteiger partial charge in [-0.2, -0.15) is 0 Å². The van der Waals surface area contributed by atoms with Crippen molar-refractivity contribution in [2.24, 2.45) is 0 Å². The number of hydrogen-bond donors (Lipinski definition) is 5. The van der Waals surface area contributed by atoms with Crippen molar-refractivity contribution in [1.82, 2.24) is 0 Å². The monoisotopic (exact) mass is 306 g/mol. The molecule has 0 aliphatic heterocycles. The number of carbonyl (C=O) groups is 2. The molecule has 0 saturated heterocycles. The van der Waals surface area contributed by atoms with Crippen molar-refractivity contribution in [2.45, 2.75) is 76.0 Å². The Morgan fingerprint density at radius 1 is 0.905 bits per heavy atom. The average molecular weight is 306 g/mol. The molecule has 0 aliphatic carbocycles. The second kappa shape index (κ2) is 10.8. The largest absolute Gasteiger partial charge is 0.387 e. The minimum atomic E-state index is -2.00. The van der Waals surface area contributed by atoms with Gasteiger partial charge in [0.2, 0.25) is 0 Å². The van der Waals surface area contributed by atoms with E-state index in [1.807, 2.05) is 0 Å². The zero-order valence-electron chi connectivity index (χ0n) is 12.3. The highest BCUT2D eigenvalue weighted by Gasteiger charge is 2.36. The van der Waals surface area contributed by atoms with E-state index >= 15 is 0 Å². The van der Waals surface area contributed by atoms with E-state index in [1.165, 1.54) is 0 Å². The molecule has 0 aromatic heterocycles. The second-order valence-corrected chi connectivity index (χ2v) is 5.17. The van der Waals surface area contributed by atoms with E-state index in [0.717, 1.165) is 25.7 Å². The van der Waals surface area contributed by atoms with Gasteiger partial charge in [-0.1, -0.05) is 32.6 Å². The molecule has 7 nitrogen and oxygen atoms in total. The molecule has 0 heterocycles. The lowest BCUT2D eigenvalue weighted by Gasteiger charge is -2.26. The summed E-state index contributed by atoms with van der Waals surface area (Å²) >= 11 is 0. The molecular weight excluding hydrogens is 280 g/mol. The van der Waals surface area contributed by atoms with Crippen LogP contribution < -0.4 is 0 Å². The fourth-order valence-electron chi connectivity index (χ4n) is 1.91. The Kier molecular flexibility index (Phi) is 10.4. The average Bonchev–Trinajstić information content (AvgIpc) is 2.50. The van der Waals surface area contributed by atoms with Crippen LogP contribution in [0.2, 0.25) is 0 Å². The van der Waals surface area contributed by atoms with Gasteiger partial charge in [0.05, 0.1) is 0 Å². The molecule has 0 amide bonds. The summed E-state index contributed by atoms with van der Waals surface area (Å²) in [7, 11) is 0. The Bertz CT molecular complexity index is 308. The van der Waals surface area contributed by atoms with E-state index in [0.29, 0.717) is 6.42 Å². The molecule has 0 bridgehead atoms. The van der Waals surface area contributed by atoms with Crippen LogP contribution in [-0.2, 0) is 9.59 Å². The van der Waals surface area contributed by atoms with E-state index in [9.17, 15) is 30.0 Å². The van der Waals surface area contributed by atoms with Gasteiger partial charge in [-0.25, -0.2) is 0 Å².